The first-order valence-corrected chi connectivity index (χ1v) is 9.12. The van der Waals surface area contributed by atoms with Crippen LogP contribution >= 0.6 is 0 Å². The fraction of sp³-hybridized carbons (Fsp3) is 0.778. The lowest BCUT2D eigenvalue weighted by atomic mass is 9.69. The average Bonchev–Trinajstić information content (AvgIpc) is 3.26. The molecule has 1 atom stereocenters. The van der Waals surface area contributed by atoms with Gasteiger partial charge < -0.3 is 14.1 Å². The van der Waals surface area contributed by atoms with E-state index in [4.69, 9.17) is 9.15 Å². The summed E-state index contributed by atoms with van der Waals surface area (Å²) in [4.78, 5) is 19.3. The number of likely N-dealkylation sites (tertiary alicyclic amines) is 1. The number of piperidine rings is 1. The van der Waals surface area contributed by atoms with Gasteiger partial charge in [-0.3, -0.25) is 4.79 Å². The molecule has 1 aromatic heterocycles. The maximum atomic E-state index is 13.0. The van der Waals surface area contributed by atoms with Gasteiger partial charge in [-0.25, -0.2) is 4.98 Å². The molecule has 1 spiro atoms. The van der Waals surface area contributed by atoms with Crippen LogP contribution in [-0.4, -0.2) is 35.5 Å². The molecule has 3 heterocycles. The number of amides is 1. The molecule has 1 amide bonds. The molecule has 0 unspecified atom stereocenters. The van der Waals surface area contributed by atoms with E-state index in [1.807, 2.05) is 4.90 Å². The highest BCUT2D eigenvalue weighted by molar-refractivity contribution is 5.93. The van der Waals surface area contributed by atoms with E-state index in [0.717, 1.165) is 39.0 Å². The van der Waals surface area contributed by atoms with Gasteiger partial charge in [-0.05, 0) is 43.9 Å². The molecule has 2 aliphatic heterocycles. The monoisotopic (exact) mass is 318 g/mol. The third-order valence-electron chi connectivity index (χ3n) is 5.88. The highest BCUT2D eigenvalue weighted by atomic mass is 16.5. The zero-order valence-corrected chi connectivity index (χ0v) is 13.8. The third-order valence-corrected chi connectivity index (χ3v) is 5.88. The van der Waals surface area contributed by atoms with Gasteiger partial charge in [-0.15, -0.1) is 0 Å². The summed E-state index contributed by atoms with van der Waals surface area (Å²) >= 11 is 0. The molecule has 3 fully saturated rings. The fourth-order valence-corrected chi connectivity index (χ4v) is 4.67. The van der Waals surface area contributed by atoms with Crippen LogP contribution in [0.15, 0.2) is 10.8 Å². The van der Waals surface area contributed by atoms with Gasteiger partial charge in [0.2, 0.25) is 0 Å². The first kappa shape index (κ1) is 15.2. The number of hydrogen-bond donors (Lipinski definition) is 0. The molecular weight excluding hydrogens is 292 g/mol. The first-order valence-electron chi connectivity index (χ1n) is 9.12. The smallest absolute Gasteiger partial charge is 0.276 e. The minimum atomic E-state index is -0.0927. The molecular formula is C18H26N2O3. The average molecular weight is 318 g/mol. The summed E-state index contributed by atoms with van der Waals surface area (Å²) in [6.45, 7) is 2.48. The zero-order valence-electron chi connectivity index (χ0n) is 13.8. The highest BCUT2D eigenvalue weighted by Gasteiger charge is 2.39. The number of rotatable bonds is 2. The fourth-order valence-electron chi connectivity index (χ4n) is 4.67. The topological polar surface area (TPSA) is 55.6 Å². The van der Waals surface area contributed by atoms with Gasteiger partial charge in [0.15, 0.2) is 17.8 Å². The van der Waals surface area contributed by atoms with Crippen molar-refractivity contribution in [2.24, 2.45) is 5.41 Å². The number of carbonyl (C=O) groups is 1. The van der Waals surface area contributed by atoms with Crippen molar-refractivity contribution in [3.63, 3.8) is 0 Å². The van der Waals surface area contributed by atoms with E-state index in [2.05, 4.69) is 4.98 Å². The van der Waals surface area contributed by atoms with Gasteiger partial charge >= 0.3 is 0 Å². The van der Waals surface area contributed by atoms with Crippen LogP contribution in [-0.2, 0) is 4.74 Å². The number of nitrogens with zero attached hydrogens (tertiary/aromatic N) is 2. The van der Waals surface area contributed by atoms with Crippen molar-refractivity contribution in [1.29, 1.82) is 0 Å². The molecule has 5 heteroatoms. The Morgan fingerprint density at radius 3 is 2.78 bits per heavy atom. The largest absolute Gasteiger partial charge is 0.445 e. The zero-order chi connectivity index (χ0) is 15.7. The van der Waals surface area contributed by atoms with E-state index in [9.17, 15) is 4.79 Å². The highest BCUT2D eigenvalue weighted by Crippen LogP contribution is 2.43. The van der Waals surface area contributed by atoms with Crippen LogP contribution in [0, 0.1) is 5.41 Å². The Labute approximate surface area is 137 Å². The van der Waals surface area contributed by atoms with Crippen LogP contribution in [0.3, 0.4) is 0 Å². The summed E-state index contributed by atoms with van der Waals surface area (Å²) in [6.07, 6.45) is 12.1. The Hall–Kier alpha value is -1.36. The van der Waals surface area contributed by atoms with Crippen molar-refractivity contribution in [1.82, 2.24) is 9.88 Å². The molecule has 0 N–H and O–H groups in total. The normalized spacial score (nSPS) is 27.5. The van der Waals surface area contributed by atoms with E-state index in [1.54, 1.807) is 0 Å². The van der Waals surface area contributed by atoms with Crippen molar-refractivity contribution >= 4 is 5.91 Å². The molecule has 126 valence electrons. The van der Waals surface area contributed by atoms with E-state index in [1.165, 1.54) is 44.9 Å². The minimum Gasteiger partial charge on any atom is -0.445 e. The quantitative estimate of drug-likeness (QED) is 0.834. The van der Waals surface area contributed by atoms with Gasteiger partial charge in [-0.1, -0.05) is 19.3 Å². The maximum absolute atomic E-state index is 13.0. The lowest BCUT2D eigenvalue weighted by Gasteiger charge is -2.45. The molecule has 0 bridgehead atoms. The minimum absolute atomic E-state index is 0.0360. The summed E-state index contributed by atoms with van der Waals surface area (Å²) in [5.41, 5.74) is 0.838. The van der Waals surface area contributed by atoms with Crippen molar-refractivity contribution in [3.05, 3.63) is 17.8 Å². The molecule has 4 rings (SSSR count). The Kier molecular flexibility index (Phi) is 4.14. The van der Waals surface area contributed by atoms with Crippen LogP contribution < -0.4 is 0 Å². The molecule has 0 aromatic carbocycles. The Morgan fingerprint density at radius 2 is 2.00 bits per heavy atom. The molecule has 23 heavy (non-hydrogen) atoms. The van der Waals surface area contributed by atoms with Gasteiger partial charge in [0.05, 0.1) is 0 Å². The summed E-state index contributed by atoms with van der Waals surface area (Å²) in [5.74, 6) is 0.671. The van der Waals surface area contributed by atoms with E-state index >= 15 is 0 Å². The predicted octanol–water partition coefficient (Wildman–Crippen LogP) is 3.71. The van der Waals surface area contributed by atoms with Crippen LogP contribution in [0.25, 0.3) is 0 Å². The van der Waals surface area contributed by atoms with Crippen molar-refractivity contribution in [2.75, 3.05) is 19.7 Å². The number of ether oxygens (including phenoxy) is 1. The molecule has 1 aliphatic carbocycles. The molecule has 1 saturated carbocycles. The maximum Gasteiger partial charge on any atom is 0.276 e. The molecule has 5 nitrogen and oxygen atoms in total. The molecule has 2 saturated heterocycles. The summed E-state index contributed by atoms with van der Waals surface area (Å²) in [5, 5.41) is 0. The van der Waals surface area contributed by atoms with Crippen LogP contribution in [0.5, 0.6) is 0 Å². The third kappa shape index (κ3) is 2.91. The predicted molar refractivity (Wildman–Crippen MR) is 85.1 cm³/mol. The second kappa shape index (κ2) is 6.27. The van der Waals surface area contributed by atoms with Crippen molar-refractivity contribution in [3.8, 4) is 0 Å². The number of hydrogen-bond acceptors (Lipinski definition) is 4. The van der Waals surface area contributed by atoms with Crippen LogP contribution in [0.2, 0.25) is 0 Å². The Bertz CT molecular complexity index is 551. The second-order valence-corrected chi connectivity index (χ2v) is 7.46. The van der Waals surface area contributed by atoms with E-state index < -0.39 is 0 Å². The SMILES string of the molecule is O=C(c1ncoc1[C@H]1CCCO1)N1CCCC2(CCCCC2)C1. The first-order chi connectivity index (χ1) is 11.3. The summed E-state index contributed by atoms with van der Waals surface area (Å²) in [7, 11) is 0. The van der Waals surface area contributed by atoms with Crippen molar-refractivity contribution < 1.29 is 13.9 Å². The summed E-state index contributed by atoms with van der Waals surface area (Å²) < 4.78 is 11.2. The van der Waals surface area contributed by atoms with E-state index in [0.29, 0.717) is 16.9 Å². The van der Waals surface area contributed by atoms with Gasteiger partial charge in [0, 0.05) is 19.7 Å². The number of carbonyl (C=O) groups excluding carboxylic acids is 1. The van der Waals surface area contributed by atoms with Crippen LogP contribution in [0.4, 0.5) is 0 Å². The number of aromatic nitrogens is 1. The van der Waals surface area contributed by atoms with E-state index in [-0.39, 0.29) is 12.0 Å². The summed E-state index contributed by atoms with van der Waals surface area (Å²) in [6, 6.07) is 0. The van der Waals surface area contributed by atoms with Crippen molar-refractivity contribution in [2.45, 2.75) is 63.9 Å². The Balaban J connectivity index is 1.51. The van der Waals surface area contributed by atoms with Gasteiger partial charge in [0.25, 0.3) is 5.91 Å². The lowest BCUT2D eigenvalue weighted by molar-refractivity contribution is 0.0369. The second-order valence-electron chi connectivity index (χ2n) is 7.46. The molecule has 3 aliphatic rings. The number of oxazole rings is 1. The van der Waals surface area contributed by atoms with Gasteiger partial charge in [0.1, 0.15) is 6.10 Å². The standard InChI is InChI=1S/C18H26N2O3/c21-17(15-16(23-13-19-15)14-6-4-11-22-14)20-10-5-9-18(12-20)7-2-1-3-8-18/h13-14H,1-12H2/t14-/m1/s1. The Morgan fingerprint density at radius 1 is 1.17 bits per heavy atom. The van der Waals surface area contributed by atoms with Crippen LogP contribution in [0.1, 0.15) is 80.1 Å². The lowest BCUT2D eigenvalue weighted by Crippen LogP contribution is -2.47. The molecule has 1 aromatic rings. The van der Waals surface area contributed by atoms with Gasteiger partial charge in [-0.2, -0.15) is 0 Å². The molecule has 0 radical (unpaired) electrons.